The van der Waals surface area contributed by atoms with Crippen molar-refractivity contribution in [2.75, 3.05) is 31.0 Å². The SMILES string of the molecule is O=C(Nc1ccc(S(=O)(=O)CF)cc1)N1CC=C(c2ncc([C@@H](O)CO)cc2Cl)CC1. The molecular weight excluding hydrogens is 449 g/mol. The van der Waals surface area contributed by atoms with Crippen molar-refractivity contribution in [3.63, 3.8) is 0 Å². The van der Waals surface area contributed by atoms with Gasteiger partial charge in [0.1, 0.15) is 6.10 Å². The largest absolute Gasteiger partial charge is 0.393 e. The van der Waals surface area contributed by atoms with E-state index in [2.05, 4.69) is 10.3 Å². The van der Waals surface area contributed by atoms with Crippen molar-refractivity contribution in [2.45, 2.75) is 17.4 Å². The van der Waals surface area contributed by atoms with Gasteiger partial charge in [-0.05, 0) is 42.3 Å². The normalized spacial score (nSPS) is 15.4. The lowest BCUT2D eigenvalue weighted by molar-refractivity contribution is 0.0953. The van der Waals surface area contributed by atoms with Gasteiger partial charge in [0.2, 0.25) is 9.84 Å². The molecule has 3 rings (SSSR count). The molecular formula is C20H21ClFN3O5S. The molecule has 2 heterocycles. The summed E-state index contributed by atoms with van der Waals surface area (Å²) in [4.78, 5) is 18.2. The van der Waals surface area contributed by atoms with Crippen LogP contribution in [0.1, 0.15) is 23.8 Å². The summed E-state index contributed by atoms with van der Waals surface area (Å²) in [6.45, 7) is 0.290. The topological polar surface area (TPSA) is 120 Å². The van der Waals surface area contributed by atoms with Gasteiger partial charge >= 0.3 is 6.03 Å². The number of rotatable bonds is 6. The summed E-state index contributed by atoms with van der Waals surface area (Å²) in [6, 6.07) is 4.99. The summed E-state index contributed by atoms with van der Waals surface area (Å²) in [5.41, 5.74) is 2.22. The number of halogens is 2. The van der Waals surface area contributed by atoms with Crippen molar-refractivity contribution in [3.8, 4) is 0 Å². The average Bonchev–Trinajstić information content (AvgIpc) is 2.79. The minimum atomic E-state index is -3.95. The predicted octanol–water partition coefficient (Wildman–Crippen LogP) is 2.78. The van der Waals surface area contributed by atoms with E-state index < -0.39 is 28.6 Å². The zero-order valence-electron chi connectivity index (χ0n) is 16.3. The van der Waals surface area contributed by atoms with E-state index in [9.17, 15) is 22.7 Å². The van der Waals surface area contributed by atoms with E-state index in [-0.39, 0.29) is 10.9 Å². The second-order valence-electron chi connectivity index (χ2n) is 6.90. The third kappa shape index (κ3) is 5.40. The Kier molecular flexibility index (Phi) is 7.26. The minimum Gasteiger partial charge on any atom is -0.393 e. The number of hydrogen-bond acceptors (Lipinski definition) is 6. The molecule has 1 aliphatic heterocycles. The molecule has 0 unspecified atom stereocenters. The molecule has 3 N–H and O–H groups in total. The number of anilines is 1. The van der Waals surface area contributed by atoms with Crippen LogP contribution in [0.15, 0.2) is 47.5 Å². The van der Waals surface area contributed by atoms with Crippen LogP contribution in [0.25, 0.3) is 5.57 Å². The zero-order valence-corrected chi connectivity index (χ0v) is 17.9. The Morgan fingerprint density at radius 3 is 2.58 bits per heavy atom. The molecule has 1 aromatic carbocycles. The van der Waals surface area contributed by atoms with Gasteiger partial charge in [0.25, 0.3) is 0 Å². The van der Waals surface area contributed by atoms with E-state index in [0.29, 0.717) is 41.5 Å². The molecule has 1 atom stereocenters. The van der Waals surface area contributed by atoms with Crippen LogP contribution in [-0.4, -0.2) is 60.2 Å². The Morgan fingerprint density at radius 2 is 2.03 bits per heavy atom. The predicted molar refractivity (Wildman–Crippen MR) is 114 cm³/mol. The molecule has 31 heavy (non-hydrogen) atoms. The number of nitrogens with one attached hydrogen (secondary N) is 1. The van der Waals surface area contributed by atoms with Gasteiger partial charge in [0, 0.05) is 30.5 Å². The first kappa shape index (κ1) is 23.1. The van der Waals surface area contributed by atoms with E-state index in [0.717, 1.165) is 5.57 Å². The summed E-state index contributed by atoms with van der Waals surface area (Å²) < 4.78 is 35.6. The number of aliphatic hydroxyl groups excluding tert-OH is 2. The first-order valence-electron chi connectivity index (χ1n) is 9.33. The molecule has 0 radical (unpaired) electrons. The van der Waals surface area contributed by atoms with Crippen LogP contribution >= 0.6 is 11.6 Å². The molecule has 2 aromatic rings. The summed E-state index contributed by atoms with van der Waals surface area (Å²) >= 11 is 6.27. The number of hydrogen-bond donors (Lipinski definition) is 3. The van der Waals surface area contributed by atoms with Gasteiger partial charge in [-0.2, -0.15) is 0 Å². The van der Waals surface area contributed by atoms with Crippen LogP contribution in [0, 0.1) is 0 Å². The molecule has 2 amide bonds. The van der Waals surface area contributed by atoms with Crippen LogP contribution < -0.4 is 5.32 Å². The van der Waals surface area contributed by atoms with E-state index in [1.165, 1.54) is 30.5 Å². The van der Waals surface area contributed by atoms with Gasteiger partial charge < -0.3 is 20.4 Å². The maximum Gasteiger partial charge on any atom is 0.322 e. The Balaban J connectivity index is 1.64. The number of alkyl halides is 1. The Labute approximate surface area is 183 Å². The van der Waals surface area contributed by atoms with Gasteiger partial charge in [-0.3, -0.25) is 4.98 Å². The molecule has 0 saturated heterocycles. The fraction of sp³-hybridized carbons (Fsp3) is 0.300. The highest BCUT2D eigenvalue weighted by atomic mass is 35.5. The summed E-state index contributed by atoms with van der Waals surface area (Å²) in [5.74, 6) is 0. The maximum absolute atomic E-state index is 12.6. The monoisotopic (exact) mass is 469 g/mol. The van der Waals surface area contributed by atoms with Crippen LogP contribution in [0.3, 0.4) is 0 Å². The molecule has 11 heteroatoms. The fourth-order valence-electron chi connectivity index (χ4n) is 3.06. The smallest absolute Gasteiger partial charge is 0.322 e. The van der Waals surface area contributed by atoms with Gasteiger partial charge in [0.15, 0.2) is 6.01 Å². The van der Waals surface area contributed by atoms with E-state index in [1.807, 2.05) is 6.08 Å². The number of amides is 2. The first-order chi connectivity index (χ1) is 14.7. The third-order valence-corrected chi connectivity index (χ3v) is 6.39. The van der Waals surface area contributed by atoms with E-state index in [1.54, 1.807) is 11.0 Å². The van der Waals surface area contributed by atoms with Crippen LogP contribution in [0.2, 0.25) is 5.02 Å². The number of aliphatic hydroxyl groups is 2. The highest BCUT2D eigenvalue weighted by Gasteiger charge is 2.21. The lowest BCUT2D eigenvalue weighted by atomic mass is 10.0. The van der Waals surface area contributed by atoms with Crippen LogP contribution in [0.4, 0.5) is 14.9 Å². The maximum atomic E-state index is 12.6. The third-order valence-electron chi connectivity index (χ3n) is 4.83. The molecule has 0 saturated carbocycles. The number of benzene rings is 1. The number of nitrogens with zero attached hydrogens (tertiary/aromatic N) is 2. The Hall–Kier alpha value is -2.53. The molecule has 0 aliphatic carbocycles. The number of carbonyl (C=O) groups excluding carboxylic acids is 1. The van der Waals surface area contributed by atoms with E-state index >= 15 is 0 Å². The summed E-state index contributed by atoms with van der Waals surface area (Å²) in [5, 5.41) is 21.7. The number of pyridine rings is 1. The average molecular weight is 470 g/mol. The van der Waals surface area contributed by atoms with Crippen LogP contribution in [-0.2, 0) is 9.84 Å². The standard InChI is InChI=1S/C20H21ClFN3O5S/c21-17-9-14(18(27)11-26)10-23-19(17)13-5-7-25(8-6-13)20(28)24-15-1-3-16(4-2-15)31(29,30)12-22/h1-5,9-10,18,26-27H,6-8,11-12H2,(H,24,28)/t18-/m0/s1. The highest BCUT2D eigenvalue weighted by molar-refractivity contribution is 7.91. The van der Waals surface area contributed by atoms with Crippen molar-refractivity contribution in [2.24, 2.45) is 0 Å². The highest BCUT2D eigenvalue weighted by Crippen LogP contribution is 2.29. The Bertz CT molecular complexity index is 1090. The van der Waals surface area contributed by atoms with Crippen molar-refractivity contribution in [3.05, 3.63) is 58.9 Å². The molecule has 0 bridgehead atoms. The quantitative estimate of drug-likeness (QED) is 0.598. The molecule has 166 valence electrons. The van der Waals surface area contributed by atoms with Crippen molar-refractivity contribution < 1.29 is 27.8 Å². The van der Waals surface area contributed by atoms with Gasteiger partial charge in [-0.15, -0.1) is 0 Å². The second-order valence-corrected chi connectivity index (χ2v) is 9.23. The lowest BCUT2D eigenvalue weighted by Gasteiger charge is -2.27. The number of aromatic nitrogens is 1. The number of carbonyl (C=O) groups is 1. The van der Waals surface area contributed by atoms with Gasteiger partial charge in [-0.25, -0.2) is 17.6 Å². The van der Waals surface area contributed by atoms with E-state index in [4.69, 9.17) is 16.7 Å². The van der Waals surface area contributed by atoms with Gasteiger partial charge in [-0.1, -0.05) is 17.7 Å². The van der Waals surface area contributed by atoms with Crippen LogP contribution in [0.5, 0.6) is 0 Å². The molecule has 0 spiro atoms. The van der Waals surface area contributed by atoms with Gasteiger partial charge in [0.05, 0.1) is 22.2 Å². The van der Waals surface area contributed by atoms with Crippen molar-refractivity contribution in [1.29, 1.82) is 0 Å². The van der Waals surface area contributed by atoms with Crippen molar-refractivity contribution in [1.82, 2.24) is 9.88 Å². The Morgan fingerprint density at radius 1 is 1.32 bits per heavy atom. The lowest BCUT2D eigenvalue weighted by Crippen LogP contribution is -2.38. The zero-order chi connectivity index (χ0) is 22.6. The first-order valence-corrected chi connectivity index (χ1v) is 11.4. The fourth-order valence-corrected chi connectivity index (χ4v) is 4.03. The summed E-state index contributed by atoms with van der Waals surface area (Å²) in [6.07, 6.45) is 2.74. The minimum absolute atomic E-state index is 0.152. The van der Waals surface area contributed by atoms with Crippen molar-refractivity contribution >= 4 is 38.7 Å². The molecule has 1 aliphatic rings. The summed E-state index contributed by atoms with van der Waals surface area (Å²) in [7, 11) is -3.95. The molecule has 0 fully saturated rings. The second kappa shape index (κ2) is 9.73. The molecule has 1 aromatic heterocycles. The molecule has 8 nitrogen and oxygen atoms in total. The number of sulfone groups is 1. The number of urea groups is 1.